The van der Waals surface area contributed by atoms with Crippen molar-refractivity contribution in [3.05, 3.63) is 12.0 Å². The maximum absolute atomic E-state index is 11.2. The van der Waals surface area contributed by atoms with Crippen molar-refractivity contribution >= 4 is 11.8 Å². The minimum absolute atomic E-state index is 0.129. The Kier molecular flexibility index (Phi) is 5.44. The molecule has 0 unspecified atom stereocenters. The Hall–Kier alpha value is -1.60. The van der Waals surface area contributed by atoms with Crippen LogP contribution in [-0.2, 0) is 20.8 Å². The zero-order valence-electron chi connectivity index (χ0n) is 10.0. The molecule has 1 heterocycles. The zero-order chi connectivity index (χ0) is 12.7. The summed E-state index contributed by atoms with van der Waals surface area (Å²) in [5, 5.41) is 0. The molecule has 0 aliphatic carbocycles. The molecular formula is C10H17N3O4. The van der Waals surface area contributed by atoms with Crippen molar-refractivity contribution in [3.8, 4) is 0 Å². The highest BCUT2D eigenvalue weighted by Gasteiger charge is 2.15. The summed E-state index contributed by atoms with van der Waals surface area (Å²) in [5.41, 5.74) is 5.87. The second-order valence-electron chi connectivity index (χ2n) is 3.27. The van der Waals surface area contributed by atoms with E-state index in [4.69, 9.17) is 15.2 Å². The van der Waals surface area contributed by atoms with Crippen molar-refractivity contribution in [3.63, 3.8) is 0 Å². The molecular weight excluding hydrogens is 226 g/mol. The van der Waals surface area contributed by atoms with Gasteiger partial charge in [-0.05, 0) is 0 Å². The van der Waals surface area contributed by atoms with E-state index in [1.165, 1.54) is 13.4 Å². The lowest BCUT2D eigenvalue weighted by molar-refractivity contribution is 0.0595. The number of nitrogens with zero attached hydrogens (tertiary/aromatic N) is 2. The molecule has 0 aliphatic rings. The molecule has 17 heavy (non-hydrogen) atoms. The number of methoxy groups -OCH3 is 2. The third-order valence-electron chi connectivity index (χ3n) is 2.17. The number of anilines is 1. The van der Waals surface area contributed by atoms with E-state index in [0.717, 1.165) is 0 Å². The van der Waals surface area contributed by atoms with Gasteiger partial charge in [-0.15, -0.1) is 0 Å². The van der Waals surface area contributed by atoms with Gasteiger partial charge in [-0.3, -0.25) is 0 Å². The van der Waals surface area contributed by atoms with E-state index in [9.17, 15) is 4.79 Å². The van der Waals surface area contributed by atoms with Gasteiger partial charge in [0.25, 0.3) is 0 Å². The summed E-state index contributed by atoms with van der Waals surface area (Å²) < 4.78 is 16.3. The fourth-order valence-electron chi connectivity index (χ4n) is 1.23. The lowest BCUT2D eigenvalue weighted by atomic mass is 10.4. The highest BCUT2D eigenvalue weighted by molar-refractivity contribution is 5.91. The fourth-order valence-corrected chi connectivity index (χ4v) is 1.23. The summed E-state index contributed by atoms with van der Waals surface area (Å²) in [6.45, 7) is 2.08. The molecule has 1 aromatic heterocycles. The molecule has 1 aromatic rings. The maximum Gasteiger partial charge on any atom is 0.360 e. The van der Waals surface area contributed by atoms with E-state index in [0.29, 0.717) is 26.4 Å². The van der Waals surface area contributed by atoms with Crippen LogP contribution in [-0.4, -0.2) is 49.6 Å². The van der Waals surface area contributed by atoms with E-state index in [1.54, 1.807) is 11.7 Å². The lowest BCUT2D eigenvalue weighted by Gasteiger charge is -2.06. The molecule has 0 saturated heterocycles. The van der Waals surface area contributed by atoms with Crippen LogP contribution in [0, 0.1) is 0 Å². The van der Waals surface area contributed by atoms with Crippen LogP contribution in [0.2, 0.25) is 0 Å². The highest BCUT2D eigenvalue weighted by Crippen LogP contribution is 2.10. The Morgan fingerprint density at radius 2 is 2.18 bits per heavy atom. The molecule has 0 atom stereocenters. The summed E-state index contributed by atoms with van der Waals surface area (Å²) >= 11 is 0. The Labute approximate surface area is 99.5 Å². The first kappa shape index (κ1) is 13.5. The number of carbonyl (C=O) groups excluding carboxylic acids is 1. The predicted molar refractivity (Wildman–Crippen MR) is 60.7 cm³/mol. The highest BCUT2D eigenvalue weighted by atomic mass is 16.5. The minimum Gasteiger partial charge on any atom is -0.464 e. The first-order valence-corrected chi connectivity index (χ1v) is 5.16. The van der Waals surface area contributed by atoms with Crippen LogP contribution in [0.4, 0.5) is 5.82 Å². The van der Waals surface area contributed by atoms with Crippen LogP contribution < -0.4 is 5.73 Å². The van der Waals surface area contributed by atoms with Gasteiger partial charge >= 0.3 is 5.97 Å². The summed E-state index contributed by atoms with van der Waals surface area (Å²) in [7, 11) is 2.90. The predicted octanol–water partition coefficient (Wildman–Crippen LogP) is -0.0851. The van der Waals surface area contributed by atoms with E-state index in [1.807, 2.05) is 0 Å². The molecule has 0 saturated carbocycles. The Morgan fingerprint density at radius 1 is 1.41 bits per heavy atom. The van der Waals surface area contributed by atoms with Crippen molar-refractivity contribution in [2.75, 3.05) is 39.8 Å². The van der Waals surface area contributed by atoms with Gasteiger partial charge in [0.15, 0.2) is 5.69 Å². The average Bonchev–Trinajstić information content (AvgIpc) is 2.70. The van der Waals surface area contributed by atoms with Crippen molar-refractivity contribution < 1.29 is 19.0 Å². The molecule has 0 aromatic carbocycles. The van der Waals surface area contributed by atoms with E-state index in [-0.39, 0.29) is 11.5 Å². The van der Waals surface area contributed by atoms with Gasteiger partial charge < -0.3 is 24.5 Å². The molecule has 0 spiro atoms. The van der Waals surface area contributed by atoms with Crippen LogP contribution in [0.3, 0.4) is 0 Å². The number of ether oxygens (including phenoxy) is 3. The molecule has 2 N–H and O–H groups in total. The number of hydrogen-bond donors (Lipinski definition) is 1. The second kappa shape index (κ2) is 6.87. The van der Waals surface area contributed by atoms with Crippen LogP contribution in [0.5, 0.6) is 0 Å². The van der Waals surface area contributed by atoms with Crippen molar-refractivity contribution in [1.29, 1.82) is 0 Å². The molecule has 7 heteroatoms. The number of nitrogens with two attached hydrogens (primary N) is 1. The number of esters is 1. The van der Waals surface area contributed by atoms with Gasteiger partial charge in [0.1, 0.15) is 5.82 Å². The van der Waals surface area contributed by atoms with E-state index < -0.39 is 5.97 Å². The summed E-state index contributed by atoms with van der Waals surface area (Å²) in [6, 6.07) is 0. The largest absolute Gasteiger partial charge is 0.464 e. The maximum atomic E-state index is 11.2. The van der Waals surface area contributed by atoms with Crippen molar-refractivity contribution in [1.82, 2.24) is 9.55 Å². The van der Waals surface area contributed by atoms with E-state index >= 15 is 0 Å². The van der Waals surface area contributed by atoms with E-state index in [2.05, 4.69) is 9.72 Å². The number of aromatic nitrogens is 2. The molecule has 0 fully saturated rings. The molecule has 0 amide bonds. The summed E-state index contributed by atoms with van der Waals surface area (Å²) in [5.74, 6) is -0.256. The third kappa shape index (κ3) is 3.72. The second-order valence-corrected chi connectivity index (χ2v) is 3.27. The number of nitrogen functional groups attached to an aromatic ring is 1. The molecule has 96 valence electrons. The number of imidazole rings is 1. The SMILES string of the molecule is COCCOCCn1cnc(C(=O)OC)c1N. The third-order valence-corrected chi connectivity index (χ3v) is 2.17. The summed E-state index contributed by atoms with van der Waals surface area (Å²) in [6.07, 6.45) is 1.49. The fraction of sp³-hybridized carbons (Fsp3) is 0.600. The Balaban J connectivity index is 2.44. The molecule has 1 rings (SSSR count). The smallest absolute Gasteiger partial charge is 0.360 e. The zero-order valence-corrected chi connectivity index (χ0v) is 10.0. The number of carbonyl (C=O) groups is 1. The number of hydrogen-bond acceptors (Lipinski definition) is 6. The monoisotopic (exact) mass is 243 g/mol. The minimum atomic E-state index is -0.540. The molecule has 7 nitrogen and oxygen atoms in total. The van der Waals surface area contributed by atoms with Gasteiger partial charge in [0, 0.05) is 13.7 Å². The van der Waals surface area contributed by atoms with Gasteiger partial charge in [-0.25, -0.2) is 9.78 Å². The first-order valence-electron chi connectivity index (χ1n) is 5.16. The van der Waals surface area contributed by atoms with Crippen molar-refractivity contribution in [2.45, 2.75) is 6.54 Å². The number of rotatable bonds is 7. The average molecular weight is 243 g/mol. The van der Waals surface area contributed by atoms with Crippen LogP contribution >= 0.6 is 0 Å². The molecule has 0 radical (unpaired) electrons. The molecule has 0 aliphatic heterocycles. The van der Waals surface area contributed by atoms with Crippen LogP contribution in [0.25, 0.3) is 0 Å². The van der Waals surface area contributed by atoms with Gasteiger partial charge in [-0.2, -0.15) is 0 Å². The quantitative estimate of drug-likeness (QED) is 0.532. The van der Waals surface area contributed by atoms with Crippen LogP contribution in [0.1, 0.15) is 10.5 Å². The lowest BCUT2D eigenvalue weighted by Crippen LogP contribution is -2.12. The van der Waals surface area contributed by atoms with Gasteiger partial charge in [-0.1, -0.05) is 0 Å². The Bertz CT molecular complexity index is 364. The van der Waals surface area contributed by atoms with Gasteiger partial charge in [0.05, 0.1) is 33.3 Å². The normalized spacial score (nSPS) is 10.5. The van der Waals surface area contributed by atoms with Crippen LogP contribution in [0.15, 0.2) is 6.33 Å². The first-order chi connectivity index (χ1) is 8.20. The summed E-state index contributed by atoms with van der Waals surface area (Å²) in [4.78, 5) is 15.1. The standard InChI is InChI=1S/C10H17N3O4/c1-15-5-6-17-4-3-13-7-12-8(9(13)11)10(14)16-2/h7H,3-6,11H2,1-2H3. The Morgan fingerprint density at radius 3 is 2.82 bits per heavy atom. The van der Waals surface area contributed by atoms with Crippen molar-refractivity contribution in [2.24, 2.45) is 0 Å². The topological polar surface area (TPSA) is 88.6 Å². The van der Waals surface area contributed by atoms with Gasteiger partial charge in [0.2, 0.25) is 0 Å². The molecule has 0 bridgehead atoms.